The zero-order chi connectivity index (χ0) is 19.6. The van der Waals surface area contributed by atoms with Crippen LogP contribution in [0, 0.1) is 0 Å². The molecule has 3 aliphatic rings. The van der Waals surface area contributed by atoms with Crippen molar-refractivity contribution >= 4 is 27.9 Å². The van der Waals surface area contributed by atoms with Gasteiger partial charge in [0.05, 0.1) is 0 Å². The lowest BCUT2D eigenvalue weighted by molar-refractivity contribution is -0.139. The molecule has 10 nitrogen and oxygen atoms in total. The number of imide groups is 1. The summed E-state index contributed by atoms with van der Waals surface area (Å²) < 4.78 is 28.4. The average molecular weight is 401 g/mol. The first-order valence-corrected chi connectivity index (χ1v) is 10.7. The molecule has 0 aliphatic carbocycles. The van der Waals surface area contributed by atoms with E-state index in [9.17, 15) is 22.8 Å². The van der Waals surface area contributed by atoms with Crippen LogP contribution >= 0.6 is 0 Å². The molecule has 0 radical (unpaired) electrons. The van der Waals surface area contributed by atoms with E-state index in [1.165, 1.54) is 8.61 Å². The number of rotatable bonds is 5. The van der Waals surface area contributed by atoms with Crippen LogP contribution in [-0.4, -0.2) is 115 Å². The number of likely N-dealkylation sites (N-methyl/N-ethyl adjacent to an activating group) is 1. The van der Waals surface area contributed by atoms with Crippen LogP contribution in [0.15, 0.2) is 0 Å². The van der Waals surface area contributed by atoms with Crippen LogP contribution in [-0.2, 0) is 24.6 Å². The van der Waals surface area contributed by atoms with E-state index in [4.69, 9.17) is 0 Å². The number of hydrogen-bond acceptors (Lipinski definition) is 6. The summed E-state index contributed by atoms with van der Waals surface area (Å²) in [5.74, 6) is -0.606. The lowest BCUT2D eigenvalue weighted by Crippen LogP contribution is -2.57. The second kappa shape index (κ2) is 8.21. The summed E-state index contributed by atoms with van der Waals surface area (Å²) >= 11 is 0. The molecule has 0 aromatic heterocycles. The van der Waals surface area contributed by atoms with Crippen LogP contribution in [0.2, 0.25) is 0 Å². The molecule has 3 saturated heterocycles. The SMILES string of the molecule is CN1CCN(S(=O)(=O)N2CCN(C(=O)CCN3C(=O)CCC3=O)CC2)CC1. The Balaban J connectivity index is 1.47. The summed E-state index contributed by atoms with van der Waals surface area (Å²) in [6.07, 6.45) is 0.522. The number of hydrogen-bond donors (Lipinski definition) is 0. The van der Waals surface area contributed by atoms with Gasteiger partial charge in [0, 0.05) is 78.2 Å². The molecule has 0 aromatic rings. The molecule has 0 atom stereocenters. The van der Waals surface area contributed by atoms with Gasteiger partial charge in [-0.25, -0.2) is 0 Å². The van der Waals surface area contributed by atoms with Crippen molar-refractivity contribution in [1.29, 1.82) is 0 Å². The molecule has 27 heavy (non-hydrogen) atoms. The quantitative estimate of drug-likeness (QED) is 0.502. The largest absolute Gasteiger partial charge is 0.340 e. The van der Waals surface area contributed by atoms with E-state index in [-0.39, 0.29) is 56.6 Å². The Labute approximate surface area is 159 Å². The predicted molar refractivity (Wildman–Crippen MR) is 96.7 cm³/mol. The van der Waals surface area contributed by atoms with Gasteiger partial charge in [-0.15, -0.1) is 0 Å². The van der Waals surface area contributed by atoms with Crippen LogP contribution in [0.25, 0.3) is 0 Å². The summed E-state index contributed by atoms with van der Waals surface area (Å²) in [5, 5.41) is 0. The topological polar surface area (TPSA) is 102 Å². The van der Waals surface area contributed by atoms with Crippen molar-refractivity contribution < 1.29 is 22.8 Å². The number of likely N-dealkylation sites (tertiary alicyclic amines) is 1. The second-order valence-electron chi connectivity index (χ2n) is 7.18. The smallest absolute Gasteiger partial charge is 0.282 e. The van der Waals surface area contributed by atoms with Gasteiger partial charge >= 0.3 is 0 Å². The van der Waals surface area contributed by atoms with E-state index in [0.29, 0.717) is 39.3 Å². The Bertz CT molecular complexity index is 680. The average Bonchev–Trinajstić information content (AvgIpc) is 2.98. The van der Waals surface area contributed by atoms with Gasteiger partial charge in [0.25, 0.3) is 10.2 Å². The molecule has 152 valence electrons. The maximum Gasteiger partial charge on any atom is 0.282 e. The van der Waals surface area contributed by atoms with Crippen LogP contribution in [0.4, 0.5) is 0 Å². The minimum absolute atomic E-state index is 0.0860. The Hall–Kier alpha value is -1.56. The fourth-order valence-corrected chi connectivity index (χ4v) is 5.16. The minimum Gasteiger partial charge on any atom is -0.340 e. The predicted octanol–water partition coefficient (Wildman–Crippen LogP) is -1.84. The summed E-state index contributed by atoms with van der Waals surface area (Å²) in [6, 6.07) is 0. The van der Waals surface area contributed by atoms with E-state index in [1.807, 2.05) is 7.05 Å². The number of carbonyl (C=O) groups excluding carboxylic acids is 3. The van der Waals surface area contributed by atoms with E-state index < -0.39 is 10.2 Å². The van der Waals surface area contributed by atoms with E-state index in [0.717, 1.165) is 4.90 Å². The van der Waals surface area contributed by atoms with Crippen molar-refractivity contribution in [3.05, 3.63) is 0 Å². The van der Waals surface area contributed by atoms with Crippen molar-refractivity contribution in [2.24, 2.45) is 0 Å². The van der Waals surface area contributed by atoms with Crippen molar-refractivity contribution in [3.8, 4) is 0 Å². The van der Waals surface area contributed by atoms with Crippen molar-refractivity contribution in [2.75, 3.05) is 66.0 Å². The number of piperazine rings is 2. The van der Waals surface area contributed by atoms with E-state index >= 15 is 0 Å². The van der Waals surface area contributed by atoms with Gasteiger partial charge in [-0.1, -0.05) is 0 Å². The summed E-state index contributed by atoms with van der Waals surface area (Å²) in [7, 11) is -1.52. The number of carbonyl (C=O) groups is 3. The molecule has 0 saturated carbocycles. The van der Waals surface area contributed by atoms with Crippen LogP contribution in [0.5, 0.6) is 0 Å². The Morgan fingerprint density at radius 2 is 1.33 bits per heavy atom. The molecule has 0 aromatic carbocycles. The number of amides is 3. The van der Waals surface area contributed by atoms with Gasteiger partial charge in [0.1, 0.15) is 0 Å². The van der Waals surface area contributed by atoms with Gasteiger partial charge in [-0.05, 0) is 7.05 Å². The normalized spacial score (nSPS) is 24.0. The highest BCUT2D eigenvalue weighted by molar-refractivity contribution is 7.86. The minimum atomic E-state index is -3.49. The molecule has 0 spiro atoms. The van der Waals surface area contributed by atoms with Crippen molar-refractivity contribution in [3.63, 3.8) is 0 Å². The molecule has 11 heteroatoms. The van der Waals surface area contributed by atoms with Gasteiger partial charge in [0.2, 0.25) is 17.7 Å². The van der Waals surface area contributed by atoms with Crippen LogP contribution in [0.1, 0.15) is 19.3 Å². The zero-order valence-electron chi connectivity index (χ0n) is 15.7. The molecule has 3 amide bonds. The highest BCUT2D eigenvalue weighted by atomic mass is 32.2. The van der Waals surface area contributed by atoms with Crippen molar-refractivity contribution in [2.45, 2.75) is 19.3 Å². The summed E-state index contributed by atoms with van der Waals surface area (Å²) in [6.45, 7) is 3.69. The Kier molecular flexibility index (Phi) is 6.14. The van der Waals surface area contributed by atoms with E-state index in [2.05, 4.69) is 4.90 Å². The molecule has 0 unspecified atom stereocenters. The van der Waals surface area contributed by atoms with Crippen LogP contribution in [0.3, 0.4) is 0 Å². The second-order valence-corrected chi connectivity index (χ2v) is 9.11. The third-order valence-corrected chi connectivity index (χ3v) is 7.45. The molecule has 3 rings (SSSR count). The third kappa shape index (κ3) is 4.48. The lowest BCUT2D eigenvalue weighted by Gasteiger charge is -2.39. The standard InChI is InChI=1S/C16H27N5O5S/c1-17-6-10-19(11-7-17)27(25,26)20-12-8-18(9-13-20)14(22)4-5-21-15(23)2-3-16(21)24/h2-13H2,1H3. The fourth-order valence-electron chi connectivity index (χ4n) is 3.59. The highest BCUT2D eigenvalue weighted by Crippen LogP contribution is 2.16. The highest BCUT2D eigenvalue weighted by Gasteiger charge is 2.35. The Morgan fingerprint density at radius 3 is 1.85 bits per heavy atom. The molecule has 3 heterocycles. The lowest BCUT2D eigenvalue weighted by atomic mass is 10.3. The molecular weight excluding hydrogens is 374 g/mol. The van der Waals surface area contributed by atoms with E-state index in [1.54, 1.807) is 4.90 Å². The van der Waals surface area contributed by atoms with Gasteiger partial charge in [0.15, 0.2) is 0 Å². The third-order valence-electron chi connectivity index (χ3n) is 5.41. The maximum atomic E-state index is 12.7. The monoisotopic (exact) mass is 401 g/mol. The van der Waals surface area contributed by atoms with Crippen molar-refractivity contribution in [1.82, 2.24) is 23.3 Å². The number of nitrogens with zero attached hydrogens (tertiary/aromatic N) is 5. The summed E-state index contributed by atoms with van der Waals surface area (Å²) in [5.41, 5.74) is 0. The molecule has 0 bridgehead atoms. The molecule has 3 aliphatic heterocycles. The molecular formula is C16H27N5O5S. The van der Waals surface area contributed by atoms with Gasteiger partial charge < -0.3 is 9.80 Å². The van der Waals surface area contributed by atoms with Gasteiger partial charge in [-0.3, -0.25) is 19.3 Å². The first-order valence-electron chi connectivity index (χ1n) is 9.34. The Morgan fingerprint density at radius 1 is 0.852 bits per heavy atom. The fraction of sp³-hybridized carbons (Fsp3) is 0.812. The van der Waals surface area contributed by atoms with Crippen LogP contribution < -0.4 is 0 Å². The maximum absolute atomic E-state index is 12.7. The molecule has 0 N–H and O–H groups in total. The molecule has 3 fully saturated rings. The van der Waals surface area contributed by atoms with Gasteiger partial charge in [-0.2, -0.15) is 17.0 Å². The zero-order valence-corrected chi connectivity index (χ0v) is 16.5. The first kappa shape index (κ1) is 20.2. The summed E-state index contributed by atoms with van der Waals surface area (Å²) in [4.78, 5) is 40.4. The first-order chi connectivity index (χ1) is 12.8.